The van der Waals surface area contributed by atoms with Gasteiger partial charge in [-0.3, -0.25) is 4.79 Å². The Hall–Kier alpha value is -1.08. The van der Waals surface area contributed by atoms with Crippen LogP contribution in [0, 0.1) is 0 Å². The number of halogens is 2. The number of carboxylic acid groups (broad SMARTS) is 1. The Morgan fingerprint density at radius 2 is 2.11 bits per heavy atom. The Morgan fingerprint density at radius 3 is 2.58 bits per heavy atom. The first-order valence-corrected chi connectivity index (χ1v) is 7.46. The van der Waals surface area contributed by atoms with E-state index in [1.807, 2.05) is 0 Å². The maximum Gasteiger partial charge on any atom is 0.331 e. The maximum absolute atomic E-state index is 12.0. The second kappa shape index (κ2) is 5.92. The van der Waals surface area contributed by atoms with Crippen LogP contribution in [0.5, 0.6) is 0 Å². The van der Waals surface area contributed by atoms with Crippen molar-refractivity contribution in [2.75, 3.05) is 0 Å². The standard InChI is InChI=1S/C11H7Cl2NO3S2/c12-7-4-5(9(13)19-7)10(15)14-8(11(16)17)6-2-1-3-18-6/h1-4,8H,(H,14,15)(H,16,17). The second-order valence-corrected chi connectivity index (χ2v) is 6.76. The number of hydrogen-bond donors (Lipinski definition) is 2. The summed E-state index contributed by atoms with van der Waals surface area (Å²) in [6.45, 7) is 0. The molecule has 8 heteroatoms. The van der Waals surface area contributed by atoms with Gasteiger partial charge in [0, 0.05) is 4.88 Å². The molecule has 1 amide bonds. The van der Waals surface area contributed by atoms with Crippen molar-refractivity contribution in [1.82, 2.24) is 5.32 Å². The molecule has 4 nitrogen and oxygen atoms in total. The van der Waals surface area contributed by atoms with Crippen LogP contribution in [0.4, 0.5) is 0 Å². The van der Waals surface area contributed by atoms with Crippen molar-refractivity contribution in [3.05, 3.63) is 42.7 Å². The van der Waals surface area contributed by atoms with Crippen molar-refractivity contribution in [2.45, 2.75) is 6.04 Å². The highest BCUT2D eigenvalue weighted by Gasteiger charge is 2.25. The van der Waals surface area contributed by atoms with Crippen LogP contribution in [0.3, 0.4) is 0 Å². The van der Waals surface area contributed by atoms with Crippen molar-refractivity contribution in [3.8, 4) is 0 Å². The molecule has 2 N–H and O–H groups in total. The number of carboxylic acids is 1. The lowest BCUT2D eigenvalue weighted by Crippen LogP contribution is -2.33. The predicted molar refractivity (Wildman–Crippen MR) is 76.5 cm³/mol. The molecule has 0 aliphatic carbocycles. The molecular formula is C11H7Cl2NO3S2. The van der Waals surface area contributed by atoms with E-state index in [0.29, 0.717) is 9.21 Å². The van der Waals surface area contributed by atoms with Gasteiger partial charge < -0.3 is 10.4 Å². The molecule has 0 saturated heterocycles. The zero-order valence-corrected chi connectivity index (χ0v) is 12.4. The lowest BCUT2D eigenvalue weighted by atomic mass is 10.2. The number of nitrogens with one attached hydrogen (secondary N) is 1. The predicted octanol–water partition coefficient (Wildman–Crippen LogP) is 3.67. The third-order valence-corrected chi connectivity index (χ3v) is 4.68. The molecular weight excluding hydrogens is 329 g/mol. The second-order valence-electron chi connectivity index (χ2n) is 3.50. The smallest absolute Gasteiger partial charge is 0.331 e. The van der Waals surface area contributed by atoms with Gasteiger partial charge in [-0.1, -0.05) is 29.3 Å². The third-order valence-electron chi connectivity index (χ3n) is 2.25. The molecule has 0 spiro atoms. The lowest BCUT2D eigenvalue weighted by Gasteiger charge is -2.12. The molecule has 0 aliphatic rings. The van der Waals surface area contributed by atoms with Crippen LogP contribution in [0.25, 0.3) is 0 Å². The van der Waals surface area contributed by atoms with E-state index < -0.39 is 17.9 Å². The molecule has 0 aliphatic heterocycles. The quantitative estimate of drug-likeness (QED) is 0.895. The maximum atomic E-state index is 12.0. The molecule has 2 aromatic rings. The number of carbonyl (C=O) groups is 2. The molecule has 1 unspecified atom stereocenters. The molecule has 0 saturated carbocycles. The van der Waals surface area contributed by atoms with Crippen LogP contribution in [0.2, 0.25) is 8.67 Å². The lowest BCUT2D eigenvalue weighted by molar-refractivity contribution is -0.139. The average molecular weight is 336 g/mol. The van der Waals surface area contributed by atoms with Crippen molar-refractivity contribution in [3.63, 3.8) is 0 Å². The van der Waals surface area contributed by atoms with Crippen molar-refractivity contribution < 1.29 is 14.7 Å². The van der Waals surface area contributed by atoms with Crippen LogP contribution < -0.4 is 5.32 Å². The summed E-state index contributed by atoms with van der Waals surface area (Å²) in [5.74, 6) is -1.69. The molecule has 0 aromatic carbocycles. The van der Waals surface area contributed by atoms with E-state index in [2.05, 4.69) is 5.32 Å². The number of rotatable bonds is 4. The highest BCUT2D eigenvalue weighted by molar-refractivity contribution is 7.20. The molecule has 0 bridgehead atoms. The van der Waals surface area contributed by atoms with Gasteiger partial charge in [-0.15, -0.1) is 22.7 Å². The zero-order chi connectivity index (χ0) is 14.0. The van der Waals surface area contributed by atoms with E-state index in [1.54, 1.807) is 17.5 Å². The van der Waals surface area contributed by atoms with Gasteiger partial charge in [0.05, 0.1) is 9.90 Å². The van der Waals surface area contributed by atoms with Crippen LogP contribution in [-0.2, 0) is 4.79 Å². The van der Waals surface area contributed by atoms with Gasteiger partial charge in [0.2, 0.25) is 0 Å². The highest BCUT2D eigenvalue weighted by Crippen LogP contribution is 2.31. The van der Waals surface area contributed by atoms with Crippen molar-refractivity contribution >= 4 is 57.8 Å². The molecule has 1 atom stereocenters. The average Bonchev–Trinajstić information content (AvgIpc) is 2.95. The van der Waals surface area contributed by atoms with Gasteiger partial charge in [0.15, 0.2) is 6.04 Å². The van der Waals surface area contributed by atoms with Gasteiger partial charge >= 0.3 is 5.97 Å². The van der Waals surface area contributed by atoms with E-state index in [4.69, 9.17) is 28.3 Å². The van der Waals surface area contributed by atoms with Gasteiger partial charge in [-0.05, 0) is 17.5 Å². The van der Waals surface area contributed by atoms with E-state index in [9.17, 15) is 9.59 Å². The summed E-state index contributed by atoms with van der Waals surface area (Å²) < 4.78 is 0.607. The Kier molecular flexibility index (Phi) is 4.46. The minimum Gasteiger partial charge on any atom is -0.479 e. The minimum atomic E-state index is -1.13. The first-order valence-electron chi connectivity index (χ1n) is 5.01. The van der Waals surface area contributed by atoms with E-state index in [0.717, 1.165) is 11.3 Å². The minimum absolute atomic E-state index is 0.180. The monoisotopic (exact) mass is 335 g/mol. The van der Waals surface area contributed by atoms with Gasteiger partial charge in [0.25, 0.3) is 5.91 Å². The van der Waals surface area contributed by atoms with E-state index >= 15 is 0 Å². The van der Waals surface area contributed by atoms with E-state index in [1.165, 1.54) is 17.4 Å². The molecule has 0 radical (unpaired) electrons. The summed E-state index contributed by atoms with van der Waals surface area (Å²) in [7, 11) is 0. The molecule has 2 heterocycles. The number of hydrogen-bond acceptors (Lipinski definition) is 4. The molecule has 2 aromatic heterocycles. The normalized spacial score (nSPS) is 12.1. The van der Waals surface area contributed by atoms with Gasteiger partial charge in [-0.25, -0.2) is 4.79 Å². The third kappa shape index (κ3) is 3.27. The highest BCUT2D eigenvalue weighted by atomic mass is 35.5. The van der Waals surface area contributed by atoms with Crippen molar-refractivity contribution in [1.29, 1.82) is 0 Å². The topological polar surface area (TPSA) is 66.4 Å². The Morgan fingerprint density at radius 1 is 1.37 bits per heavy atom. The summed E-state index contributed by atoms with van der Waals surface area (Å²) in [6, 6.07) is 3.68. The summed E-state index contributed by atoms with van der Waals surface area (Å²) >= 11 is 13.9. The van der Waals surface area contributed by atoms with Crippen LogP contribution in [0.15, 0.2) is 23.6 Å². The number of amides is 1. The van der Waals surface area contributed by atoms with E-state index in [-0.39, 0.29) is 9.90 Å². The summed E-state index contributed by atoms with van der Waals surface area (Å²) in [5, 5.41) is 13.3. The Balaban J connectivity index is 2.21. The fraction of sp³-hybridized carbons (Fsp3) is 0.0909. The van der Waals surface area contributed by atoms with Gasteiger partial charge in [-0.2, -0.15) is 0 Å². The SMILES string of the molecule is O=C(NC(C(=O)O)c1cccs1)c1cc(Cl)sc1Cl. The van der Waals surface area contributed by atoms with Crippen LogP contribution in [0.1, 0.15) is 21.3 Å². The number of aliphatic carboxylic acids is 1. The molecule has 19 heavy (non-hydrogen) atoms. The Labute approximate surface area is 126 Å². The summed E-state index contributed by atoms with van der Waals surface area (Å²) in [4.78, 5) is 23.7. The Bertz CT molecular complexity index is 609. The largest absolute Gasteiger partial charge is 0.479 e. The number of carbonyl (C=O) groups excluding carboxylic acids is 1. The van der Waals surface area contributed by atoms with Crippen LogP contribution >= 0.6 is 45.9 Å². The summed E-state index contributed by atoms with van der Waals surface area (Å²) in [5.41, 5.74) is 0.180. The van der Waals surface area contributed by atoms with Gasteiger partial charge in [0.1, 0.15) is 4.34 Å². The number of thiophene rings is 2. The van der Waals surface area contributed by atoms with Crippen molar-refractivity contribution in [2.24, 2.45) is 0 Å². The molecule has 100 valence electrons. The zero-order valence-electron chi connectivity index (χ0n) is 9.22. The van der Waals surface area contributed by atoms with Crippen LogP contribution in [-0.4, -0.2) is 17.0 Å². The fourth-order valence-electron chi connectivity index (χ4n) is 1.41. The first-order chi connectivity index (χ1) is 8.99. The first kappa shape index (κ1) is 14.3. The fourth-order valence-corrected chi connectivity index (χ4v) is 3.64. The summed E-state index contributed by atoms with van der Waals surface area (Å²) in [6.07, 6.45) is 0. The molecule has 0 fully saturated rings. The molecule has 2 rings (SSSR count).